The van der Waals surface area contributed by atoms with Crippen LogP contribution >= 0.6 is 0 Å². The first-order valence-electron chi connectivity index (χ1n) is 6.48. The van der Waals surface area contributed by atoms with E-state index in [9.17, 15) is 8.42 Å². The normalized spacial score (nSPS) is 11.2. The minimum atomic E-state index is -3.78. The van der Waals surface area contributed by atoms with Crippen LogP contribution in [0.15, 0.2) is 29.2 Å². The van der Waals surface area contributed by atoms with Gasteiger partial charge >= 0.3 is 0 Å². The first-order chi connectivity index (χ1) is 10.1. The standard InChI is InChI=1S/C14H19NO5S/c16-9-2-1-4-13-5-3-6-14(12-13)21(19,20)15(7-10-17)8-11-18/h3,5-6,12,16-18H,2,7-11H2. The topological polar surface area (TPSA) is 98.1 Å². The summed E-state index contributed by atoms with van der Waals surface area (Å²) in [5, 5.41) is 26.5. The van der Waals surface area contributed by atoms with E-state index in [1.165, 1.54) is 12.1 Å². The minimum Gasteiger partial charge on any atom is -0.395 e. The number of benzene rings is 1. The summed E-state index contributed by atoms with van der Waals surface area (Å²) in [6.07, 6.45) is 0.318. The first kappa shape index (κ1) is 17.6. The van der Waals surface area contributed by atoms with Crippen LogP contribution in [0.5, 0.6) is 0 Å². The molecule has 21 heavy (non-hydrogen) atoms. The third kappa shape index (κ3) is 5.12. The molecule has 116 valence electrons. The van der Waals surface area contributed by atoms with Gasteiger partial charge < -0.3 is 15.3 Å². The molecule has 0 heterocycles. The highest BCUT2D eigenvalue weighted by molar-refractivity contribution is 7.89. The Morgan fingerprint density at radius 2 is 1.71 bits per heavy atom. The van der Waals surface area contributed by atoms with E-state index in [1.54, 1.807) is 12.1 Å². The highest BCUT2D eigenvalue weighted by Crippen LogP contribution is 2.16. The molecule has 0 unspecified atom stereocenters. The van der Waals surface area contributed by atoms with Gasteiger partial charge in [-0.15, -0.1) is 0 Å². The second-order valence-electron chi connectivity index (χ2n) is 4.15. The number of hydrogen-bond donors (Lipinski definition) is 3. The predicted molar refractivity (Wildman–Crippen MR) is 78.0 cm³/mol. The maximum absolute atomic E-state index is 12.4. The van der Waals surface area contributed by atoms with Crippen molar-refractivity contribution in [2.75, 3.05) is 32.9 Å². The average molecular weight is 313 g/mol. The Kier molecular flexibility index (Phi) is 7.36. The van der Waals surface area contributed by atoms with Crippen LogP contribution in [0, 0.1) is 11.8 Å². The Labute approximate surface area is 124 Å². The zero-order chi connectivity index (χ0) is 15.7. The molecule has 0 saturated carbocycles. The monoisotopic (exact) mass is 313 g/mol. The van der Waals surface area contributed by atoms with Crippen LogP contribution in [0.25, 0.3) is 0 Å². The summed E-state index contributed by atoms with van der Waals surface area (Å²) < 4.78 is 25.8. The highest BCUT2D eigenvalue weighted by Gasteiger charge is 2.23. The van der Waals surface area contributed by atoms with Gasteiger partial charge in [-0.05, 0) is 18.2 Å². The first-order valence-corrected chi connectivity index (χ1v) is 7.92. The lowest BCUT2D eigenvalue weighted by molar-refractivity contribution is 0.217. The van der Waals surface area contributed by atoms with Gasteiger partial charge in [-0.3, -0.25) is 0 Å². The zero-order valence-electron chi connectivity index (χ0n) is 11.6. The molecule has 3 N–H and O–H groups in total. The van der Waals surface area contributed by atoms with E-state index in [-0.39, 0.29) is 37.8 Å². The summed E-state index contributed by atoms with van der Waals surface area (Å²) in [7, 11) is -3.78. The molecule has 0 aliphatic rings. The molecular weight excluding hydrogens is 294 g/mol. The number of aliphatic hydroxyl groups is 3. The molecule has 7 heteroatoms. The van der Waals surface area contributed by atoms with Crippen LogP contribution in [-0.2, 0) is 10.0 Å². The molecule has 0 atom stereocenters. The van der Waals surface area contributed by atoms with Gasteiger partial charge in [0.2, 0.25) is 10.0 Å². The third-order valence-corrected chi connectivity index (χ3v) is 4.53. The quantitative estimate of drug-likeness (QED) is 0.584. The summed E-state index contributed by atoms with van der Waals surface area (Å²) in [6.45, 7) is -0.858. The number of rotatable bonds is 7. The van der Waals surface area contributed by atoms with Crippen LogP contribution in [0.1, 0.15) is 12.0 Å². The molecule has 6 nitrogen and oxygen atoms in total. The predicted octanol–water partition coefficient (Wildman–Crippen LogP) is -0.604. The Balaban J connectivity index is 3.08. The maximum atomic E-state index is 12.4. The fraction of sp³-hybridized carbons (Fsp3) is 0.429. The van der Waals surface area contributed by atoms with Crippen molar-refractivity contribution < 1.29 is 23.7 Å². The molecule has 0 aliphatic heterocycles. The van der Waals surface area contributed by atoms with E-state index in [2.05, 4.69) is 11.8 Å². The SMILES string of the molecule is O=S(=O)(c1cccc(C#CCCO)c1)N(CCO)CCO. The van der Waals surface area contributed by atoms with E-state index < -0.39 is 10.0 Å². The number of nitrogens with zero attached hydrogens (tertiary/aromatic N) is 1. The molecule has 1 aromatic rings. The van der Waals surface area contributed by atoms with Gasteiger partial charge in [-0.2, -0.15) is 4.31 Å². The average Bonchev–Trinajstić information content (AvgIpc) is 2.47. The van der Waals surface area contributed by atoms with Crippen LogP contribution in [0.2, 0.25) is 0 Å². The van der Waals surface area contributed by atoms with Crippen LogP contribution in [-0.4, -0.2) is 61.0 Å². The van der Waals surface area contributed by atoms with E-state index in [1.807, 2.05) is 0 Å². The van der Waals surface area contributed by atoms with Crippen molar-refractivity contribution in [3.63, 3.8) is 0 Å². The molecule has 0 bridgehead atoms. The molecule has 0 aromatic heterocycles. The molecule has 0 fully saturated rings. The van der Waals surface area contributed by atoms with Gasteiger partial charge in [-0.1, -0.05) is 17.9 Å². The lowest BCUT2D eigenvalue weighted by Gasteiger charge is -2.20. The smallest absolute Gasteiger partial charge is 0.243 e. The molecule has 0 radical (unpaired) electrons. The fourth-order valence-corrected chi connectivity index (χ4v) is 3.15. The Morgan fingerprint density at radius 3 is 2.29 bits per heavy atom. The minimum absolute atomic E-state index is 0.0498. The fourth-order valence-electron chi connectivity index (χ4n) is 1.68. The molecular formula is C14H19NO5S. The largest absolute Gasteiger partial charge is 0.395 e. The lowest BCUT2D eigenvalue weighted by atomic mass is 10.2. The van der Waals surface area contributed by atoms with Crippen LogP contribution < -0.4 is 0 Å². The maximum Gasteiger partial charge on any atom is 0.243 e. The van der Waals surface area contributed by atoms with E-state index in [0.29, 0.717) is 12.0 Å². The van der Waals surface area contributed by atoms with Gasteiger partial charge in [0, 0.05) is 25.1 Å². The summed E-state index contributed by atoms with van der Waals surface area (Å²) in [5.41, 5.74) is 0.525. The van der Waals surface area contributed by atoms with Gasteiger partial charge in [0.15, 0.2) is 0 Å². The summed E-state index contributed by atoms with van der Waals surface area (Å²) in [4.78, 5) is 0.0557. The van der Waals surface area contributed by atoms with Crippen molar-refractivity contribution in [3.8, 4) is 11.8 Å². The van der Waals surface area contributed by atoms with Crippen molar-refractivity contribution >= 4 is 10.0 Å². The summed E-state index contributed by atoms with van der Waals surface area (Å²) in [5.74, 6) is 5.49. The van der Waals surface area contributed by atoms with Crippen molar-refractivity contribution in [1.29, 1.82) is 0 Å². The Bertz CT molecular complexity index is 597. The zero-order valence-corrected chi connectivity index (χ0v) is 12.4. The van der Waals surface area contributed by atoms with Crippen LogP contribution in [0.3, 0.4) is 0 Å². The van der Waals surface area contributed by atoms with Crippen molar-refractivity contribution in [1.82, 2.24) is 4.31 Å². The lowest BCUT2D eigenvalue weighted by Crippen LogP contribution is -2.35. The Morgan fingerprint density at radius 1 is 1.05 bits per heavy atom. The van der Waals surface area contributed by atoms with Gasteiger partial charge in [0.25, 0.3) is 0 Å². The van der Waals surface area contributed by atoms with Crippen molar-refractivity contribution in [3.05, 3.63) is 29.8 Å². The number of hydrogen-bond acceptors (Lipinski definition) is 5. The number of aliphatic hydroxyl groups excluding tert-OH is 3. The molecule has 1 rings (SSSR count). The molecule has 0 aliphatic carbocycles. The van der Waals surface area contributed by atoms with Gasteiger partial charge in [0.05, 0.1) is 24.7 Å². The van der Waals surface area contributed by atoms with Gasteiger partial charge in [-0.25, -0.2) is 8.42 Å². The van der Waals surface area contributed by atoms with Crippen molar-refractivity contribution in [2.45, 2.75) is 11.3 Å². The van der Waals surface area contributed by atoms with E-state index in [0.717, 1.165) is 4.31 Å². The second-order valence-corrected chi connectivity index (χ2v) is 6.09. The van der Waals surface area contributed by atoms with E-state index in [4.69, 9.17) is 15.3 Å². The second kappa shape index (κ2) is 8.77. The number of sulfonamides is 1. The molecule has 1 aromatic carbocycles. The highest BCUT2D eigenvalue weighted by atomic mass is 32.2. The van der Waals surface area contributed by atoms with Crippen molar-refractivity contribution in [2.24, 2.45) is 0 Å². The molecule has 0 saturated heterocycles. The molecule has 0 spiro atoms. The van der Waals surface area contributed by atoms with Crippen LogP contribution in [0.4, 0.5) is 0 Å². The van der Waals surface area contributed by atoms with E-state index >= 15 is 0 Å². The summed E-state index contributed by atoms with van der Waals surface area (Å²) >= 11 is 0. The molecule has 0 amide bonds. The third-order valence-electron chi connectivity index (χ3n) is 2.64. The van der Waals surface area contributed by atoms with Gasteiger partial charge in [0.1, 0.15) is 0 Å². The Hall–Kier alpha value is -1.43. The summed E-state index contributed by atoms with van der Waals surface area (Å²) in [6, 6.07) is 6.12.